The number of amides is 3. The molecule has 6 aromatic rings. The van der Waals surface area contributed by atoms with Gasteiger partial charge >= 0.3 is 18.5 Å². The maximum Gasteiger partial charge on any atom is 0.409 e. The number of primary amides is 1. The molecule has 478 valence electrons. The smallest absolute Gasteiger partial charge is 0.398 e. The first-order chi connectivity index (χ1) is 42.1. The van der Waals surface area contributed by atoms with Crippen molar-refractivity contribution >= 4 is 181 Å². The highest BCUT2D eigenvalue weighted by Crippen LogP contribution is 2.60. The van der Waals surface area contributed by atoms with Crippen molar-refractivity contribution in [3.63, 3.8) is 0 Å². The highest BCUT2D eigenvalue weighted by atomic mass is 35.5. The lowest BCUT2D eigenvalue weighted by atomic mass is 9.89. The number of methoxy groups -OCH3 is 2. The normalized spacial score (nSPS) is 19.1. The number of hydrogen-bond donors (Lipinski definition) is 3. The van der Waals surface area contributed by atoms with E-state index in [0.717, 1.165) is 6.34 Å². The summed E-state index contributed by atoms with van der Waals surface area (Å²) in [6, 6.07) is 24.2. The van der Waals surface area contributed by atoms with E-state index < -0.39 is 76.2 Å². The molecule has 0 bridgehead atoms. The third-order valence-corrected chi connectivity index (χ3v) is 19.2. The number of carbonyl (C=O) groups is 3. The van der Waals surface area contributed by atoms with Crippen LogP contribution >= 0.6 is 140 Å². The summed E-state index contributed by atoms with van der Waals surface area (Å²) in [6.45, 7) is 0. The van der Waals surface area contributed by atoms with E-state index in [-0.39, 0.29) is 95.7 Å². The molecule has 6 aromatic carbocycles. The van der Waals surface area contributed by atoms with Crippen LogP contribution in [0.5, 0.6) is 0 Å². The number of nitrogens with two attached hydrogens (primary N) is 1. The molecule has 4 N–H and O–H groups in total. The van der Waals surface area contributed by atoms with E-state index in [0.29, 0.717) is 52.5 Å². The molecule has 0 aliphatic carbocycles. The molecular formula is C56H39Cl9F9N7O6S3. The average Bonchev–Trinajstić information content (AvgIpc) is 2.08. The Morgan fingerprint density at radius 1 is 0.500 bits per heavy atom. The van der Waals surface area contributed by atoms with E-state index in [2.05, 4.69) is 33.8 Å². The van der Waals surface area contributed by atoms with Gasteiger partial charge in [-0.3, -0.25) is 14.4 Å². The molecule has 3 amide bonds. The largest absolute Gasteiger partial charge is 0.409 e. The lowest BCUT2D eigenvalue weighted by Gasteiger charge is -2.30. The SMILES string of the molecule is CO/N=C/NC(=O)c1ccc(C2=NSC(c3cc(Cl)cc(Cl)c3)(C(F)(F)F)C2)cc1Cl.COC(NC(=O)c1ccc(C2=NSC(c3cc(Cl)cc(Cl)c3)(C(F)(F)F)C2)cc1Cl)OC.NC(=O)c1ccc(C2=NSC(c3cc(Cl)cc(Cl)c3)(C(F)(F)F)C2)cc1Cl. The van der Waals surface area contributed by atoms with Gasteiger partial charge < -0.3 is 30.7 Å². The maximum absolute atomic E-state index is 14.2. The number of carbonyl (C=O) groups excluding carboxylic acids is 3. The lowest BCUT2D eigenvalue weighted by Crippen LogP contribution is -2.38. The van der Waals surface area contributed by atoms with Gasteiger partial charge in [0.2, 0.25) is 12.3 Å². The van der Waals surface area contributed by atoms with E-state index in [1.165, 1.54) is 131 Å². The van der Waals surface area contributed by atoms with E-state index in [4.69, 9.17) is 120 Å². The molecule has 0 saturated heterocycles. The summed E-state index contributed by atoms with van der Waals surface area (Å²) >= 11 is 55.2. The third kappa shape index (κ3) is 16.4. The predicted molar refractivity (Wildman–Crippen MR) is 340 cm³/mol. The van der Waals surface area contributed by atoms with Crippen molar-refractivity contribution in [1.82, 2.24) is 10.6 Å². The molecule has 90 heavy (non-hydrogen) atoms. The van der Waals surface area contributed by atoms with Crippen molar-refractivity contribution in [3.05, 3.63) is 204 Å². The Kier molecular flexibility index (Phi) is 23.9. The number of benzene rings is 6. The Labute approximate surface area is 564 Å². The highest BCUT2D eigenvalue weighted by molar-refractivity contribution is 8.00. The van der Waals surface area contributed by atoms with Crippen molar-refractivity contribution in [1.29, 1.82) is 0 Å². The summed E-state index contributed by atoms with van der Waals surface area (Å²) in [5.41, 5.74) is 6.82. The number of oxime groups is 1. The van der Waals surface area contributed by atoms with Crippen molar-refractivity contribution < 1.29 is 68.2 Å². The van der Waals surface area contributed by atoms with Gasteiger partial charge in [0.15, 0.2) is 14.2 Å². The van der Waals surface area contributed by atoms with Crippen molar-refractivity contribution in [3.8, 4) is 0 Å². The number of nitrogens with one attached hydrogen (secondary N) is 2. The van der Waals surface area contributed by atoms with Crippen molar-refractivity contribution in [2.75, 3.05) is 21.3 Å². The molecule has 0 spiro atoms. The van der Waals surface area contributed by atoms with Crippen LogP contribution in [0.3, 0.4) is 0 Å². The summed E-state index contributed by atoms with van der Waals surface area (Å²) in [7, 11) is 3.99. The minimum atomic E-state index is -4.64. The molecular weight excluding hydrogens is 1450 g/mol. The Bertz CT molecular complexity index is 3830. The van der Waals surface area contributed by atoms with Crippen LogP contribution in [0, 0.1) is 0 Å². The first-order valence-corrected chi connectivity index (χ1v) is 30.6. The average molecular weight is 1490 g/mol. The molecule has 0 radical (unpaired) electrons. The van der Waals surface area contributed by atoms with Crippen LogP contribution in [0.1, 0.15) is 83.7 Å². The molecule has 3 unspecified atom stereocenters. The summed E-state index contributed by atoms with van der Waals surface area (Å²) < 4.78 is 142. The zero-order valence-electron chi connectivity index (χ0n) is 45.5. The van der Waals surface area contributed by atoms with E-state index >= 15 is 0 Å². The Morgan fingerprint density at radius 2 is 0.800 bits per heavy atom. The van der Waals surface area contributed by atoms with Gasteiger partial charge in [0.05, 0.1) is 48.9 Å². The number of ether oxygens (including phenoxy) is 2. The third-order valence-electron chi connectivity index (χ3n) is 13.2. The summed E-state index contributed by atoms with van der Waals surface area (Å²) in [5.74, 6) is -1.86. The second kappa shape index (κ2) is 29.6. The molecule has 13 nitrogen and oxygen atoms in total. The maximum atomic E-state index is 14.2. The monoisotopic (exact) mass is 1490 g/mol. The van der Waals surface area contributed by atoms with Crippen LogP contribution in [0.2, 0.25) is 45.2 Å². The number of alkyl halides is 9. The molecule has 9 rings (SSSR count). The van der Waals surface area contributed by atoms with Crippen LogP contribution in [0.4, 0.5) is 39.5 Å². The topological polar surface area (TPSA) is 178 Å². The fraction of sp³-hybridized carbons (Fsp3) is 0.232. The van der Waals surface area contributed by atoms with Gasteiger partial charge in [-0.05, 0) is 160 Å². The minimum absolute atomic E-state index is 0.0361. The molecule has 0 fully saturated rings. The summed E-state index contributed by atoms with van der Waals surface area (Å²) in [4.78, 5) is 40.2. The van der Waals surface area contributed by atoms with Gasteiger partial charge in [-0.15, -0.1) is 0 Å². The predicted octanol–water partition coefficient (Wildman–Crippen LogP) is 18.6. The zero-order chi connectivity index (χ0) is 66.5. The number of halogens is 18. The zero-order valence-corrected chi connectivity index (χ0v) is 54.8. The summed E-state index contributed by atoms with van der Waals surface area (Å²) in [6.07, 6.45) is -15.2. The molecule has 3 aliphatic rings. The standard InChI is InChI=1S/C20H16Cl3F3N2O3S.C19H13Cl3F3N3O2S.C17H10Cl3F3N2OS/c1-30-18(31-2)27-17(29)14-4-3-10(5-15(14)23)16-9-19(32-28-16,20(24,25)26)11-6-12(21)8-13(22)7-11;1-30-27-9-26-17(29)14-3-2-10(4-15(14)22)16-8-18(31-28-16,19(23,24)25)11-5-12(20)7-13(21)6-11;18-10-4-9(5-11(19)6-10)16(17(21,22)23)7-14(25-27-16)8-1-2-12(15(24)26)13(20)3-8/h3-8,18H,9H2,1-2H3,(H,27,29);2-7,9H,8H2,1H3,(H,26,27,29);1-6H,7H2,(H2,24,26). The van der Waals surface area contributed by atoms with Gasteiger partial charge in [0, 0.05) is 63.6 Å². The molecule has 0 aromatic heterocycles. The van der Waals surface area contributed by atoms with Crippen molar-refractivity contribution in [2.24, 2.45) is 24.1 Å². The first kappa shape index (κ1) is 72.6. The highest BCUT2D eigenvalue weighted by Gasteiger charge is 2.62. The molecule has 34 heteroatoms. The first-order valence-electron chi connectivity index (χ1n) is 24.9. The molecule has 0 saturated carbocycles. The van der Waals surface area contributed by atoms with Crippen LogP contribution in [-0.4, -0.2) is 87.5 Å². The second-order valence-electron chi connectivity index (χ2n) is 19.0. The van der Waals surface area contributed by atoms with E-state index in [9.17, 15) is 53.9 Å². The molecule has 3 heterocycles. The lowest BCUT2D eigenvalue weighted by molar-refractivity contribution is -0.160. The second-order valence-corrected chi connectivity index (χ2v) is 26.0. The van der Waals surface area contributed by atoms with Gasteiger partial charge in [0.25, 0.3) is 11.8 Å². The van der Waals surface area contributed by atoms with Crippen LogP contribution in [0.15, 0.2) is 128 Å². The van der Waals surface area contributed by atoms with Crippen LogP contribution < -0.4 is 16.4 Å². The Hall–Kier alpha value is -4.84. The quantitative estimate of drug-likeness (QED) is 0.0239. The van der Waals surface area contributed by atoms with E-state index in [1.807, 2.05) is 0 Å². The van der Waals surface area contributed by atoms with Gasteiger partial charge in [0.1, 0.15) is 13.4 Å². The molecule has 3 atom stereocenters. The van der Waals surface area contributed by atoms with Crippen LogP contribution in [0.25, 0.3) is 0 Å². The minimum Gasteiger partial charge on any atom is -0.398 e. The summed E-state index contributed by atoms with van der Waals surface area (Å²) in [5, 5.41) is 8.88. The van der Waals surface area contributed by atoms with Gasteiger partial charge in [-0.25, -0.2) is 13.2 Å². The number of nitrogens with zero attached hydrogens (tertiary/aromatic N) is 4. The number of rotatable bonds is 14. The van der Waals surface area contributed by atoms with Crippen LogP contribution in [-0.2, 0) is 28.6 Å². The Morgan fingerprint density at radius 3 is 1.07 bits per heavy atom. The molecule has 3 aliphatic heterocycles. The Balaban J connectivity index is 0.000000193. The van der Waals surface area contributed by atoms with E-state index in [1.54, 1.807) is 0 Å². The van der Waals surface area contributed by atoms with Gasteiger partial charge in [-0.2, -0.15) is 39.5 Å². The number of hydrogen-bond acceptors (Lipinski definition) is 13. The van der Waals surface area contributed by atoms with Crippen molar-refractivity contribution in [2.45, 2.75) is 58.4 Å². The fourth-order valence-electron chi connectivity index (χ4n) is 8.80. The van der Waals surface area contributed by atoms with Gasteiger partial charge in [-0.1, -0.05) is 128 Å². The fourth-order valence-corrected chi connectivity index (χ4v) is 14.1.